The first-order valence-electron chi connectivity index (χ1n) is 17.2. The van der Waals surface area contributed by atoms with Crippen molar-refractivity contribution in [3.63, 3.8) is 0 Å². The molecule has 3 aliphatic rings. The molecule has 255 valence electrons. The first kappa shape index (κ1) is 36.2. The van der Waals surface area contributed by atoms with Gasteiger partial charge < -0.3 is 14.2 Å². The molecule has 9 heteroatoms. The van der Waals surface area contributed by atoms with Crippen LogP contribution in [0.25, 0.3) is 0 Å². The third-order valence-corrected chi connectivity index (χ3v) is 10.5. The average molecular weight is 631 g/mol. The maximum Gasteiger partial charge on any atom is 0.127 e. The topological polar surface area (TPSA) is 97.1 Å². The number of hydrogen-bond acceptors (Lipinski definition) is 6. The van der Waals surface area contributed by atoms with Gasteiger partial charge in [0.2, 0.25) is 0 Å². The fourth-order valence-corrected chi connectivity index (χ4v) is 7.86. The predicted octanol–water partition coefficient (Wildman–Crippen LogP) is 7.66. The summed E-state index contributed by atoms with van der Waals surface area (Å²) < 4.78 is 20.0. The van der Waals surface area contributed by atoms with E-state index in [1.807, 2.05) is 59.7 Å². The smallest absolute Gasteiger partial charge is 0.127 e. The lowest BCUT2D eigenvalue weighted by molar-refractivity contribution is -0.277. The highest BCUT2D eigenvalue weighted by Crippen LogP contribution is 2.41. The van der Waals surface area contributed by atoms with E-state index in [9.17, 15) is 15.6 Å². The first-order chi connectivity index (χ1) is 20.7. The summed E-state index contributed by atoms with van der Waals surface area (Å²) >= 11 is 0. The number of nitrogens with zero attached hydrogens (tertiary/aromatic N) is 3. The van der Waals surface area contributed by atoms with E-state index in [2.05, 4.69) is 41.5 Å². The second-order valence-electron chi connectivity index (χ2n) is 17.0. The van der Waals surface area contributed by atoms with Gasteiger partial charge in [-0.1, -0.05) is 41.5 Å². The molecule has 3 heterocycles. The van der Waals surface area contributed by atoms with E-state index in [4.69, 9.17) is 14.2 Å². The van der Waals surface area contributed by atoms with Crippen molar-refractivity contribution in [1.29, 1.82) is 0 Å². The van der Waals surface area contributed by atoms with Crippen molar-refractivity contribution in [2.24, 2.45) is 17.8 Å². The molecule has 0 spiro atoms. The summed E-state index contributed by atoms with van der Waals surface area (Å²) in [7, 11) is 0. The van der Waals surface area contributed by atoms with Gasteiger partial charge in [-0.05, 0) is 59.3 Å². The normalized spacial score (nSPS) is 32.7. The summed E-state index contributed by atoms with van der Waals surface area (Å²) in [6.07, 6.45) is 3.35. The van der Waals surface area contributed by atoms with Crippen molar-refractivity contribution in [2.45, 2.75) is 175 Å². The third-order valence-electron chi connectivity index (χ3n) is 10.5. The Balaban J connectivity index is 1.63. The monoisotopic (exact) mass is 630 g/mol. The van der Waals surface area contributed by atoms with Gasteiger partial charge in [0.1, 0.15) is 35.6 Å². The van der Waals surface area contributed by atoms with Crippen LogP contribution >= 0.6 is 0 Å². The van der Waals surface area contributed by atoms with Crippen LogP contribution in [0.4, 0.5) is 0 Å². The Kier molecular flexibility index (Phi) is 10.8. The first-order valence-corrected chi connectivity index (χ1v) is 17.2. The molecule has 4 rings (SSSR count). The van der Waals surface area contributed by atoms with Gasteiger partial charge in [-0.3, -0.25) is 0 Å². The standard InChI is InChI=1S/C36H60N3O6/c1-22(2)31-16-28(19-34(7,8)37(31)40)43-25-13-26(44-29-17-32(23(3)4)38(41)35(9,10)20-29)15-27(14-25)45-30-18-33(24(5)6)39(42)36(11,12)21-30/h13-15,22-24,28-33H,16-21H2,1-12H3. The molecule has 0 amide bonds. The van der Waals surface area contributed by atoms with Gasteiger partial charge in [0.15, 0.2) is 0 Å². The summed E-state index contributed by atoms with van der Waals surface area (Å²) in [5, 5.41) is 43.1. The lowest BCUT2D eigenvalue weighted by atomic mass is 9.82. The fourth-order valence-electron chi connectivity index (χ4n) is 7.86. The number of hydrogen-bond donors (Lipinski definition) is 0. The highest BCUT2D eigenvalue weighted by atomic mass is 16.5. The lowest BCUT2D eigenvalue weighted by Gasteiger charge is -2.47. The van der Waals surface area contributed by atoms with Gasteiger partial charge in [0.05, 0.1) is 0 Å². The minimum Gasteiger partial charge on any atom is -0.490 e. The van der Waals surface area contributed by atoms with Crippen LogP contribution in [0.3, 0.4) is 0 Å². The molecule has 0 saturated carbocycles. The molecule has 3 aliphatic heterocycles. The van der Waals surface area contributed by atoms with E-state index in [0.717, 1.165) is 0 Å². The molecule has 45 heavy (non-hydrogen) atoms. The maximum atomic E-state index is 13.1. The Bertz CT molecular complexity index is 987. The largest absolute Gasteiger partial charge is 0.490 e. The Hall–Kier alpha value is -1.62. The van der Waals surface area contributed by atoms with Crippen molar-refractivity contribution in [3.8, 4) is 17.2 Å². The quantitative estimate of drug-likeness (QED) is 0.278. The summed E-state index contributed by atoms with van der Waals surface area (Å²) in [5.41, 5.74) is -1.63. The highest BCUT2D eigenvalue weighted by molar-refractivity contribution is 5.42. The van der Waals surface area contributed by atoms with Gasteiger partial charge in [0, 0.05) is 91.5 Å². The molecule has 1 aromatic rings. The van der Waals surface area contributed by atoms with E-state index in [1.54, 1.807) is 0 Å². The molecule has 9 nitrogen and oxygen atoms in total. The van der Waals surface area contributed by atoms with Gasteiger partial charge in [-0.2, -0.15) is 0 Å². The zero-order valence-corrected chi connectivity index (χ0v) is 30.0. The number of ether oxygens (including phenoxy) is 3. The zero-order valence-electron chi connectivity index (χ0n) is 30.0. The van der Waals surface area contributed by atoms with Crippen LogP contribution in [0.1, 0.15) is 122 Å². The van der Waals surface area contributed by atoms with Crippen molar-refractivity contribution in [1.82, 2.24) is 15.2 Å². The molecular weight excluding hydrogens is 570 g/mol. The van der Waals surface area contributed by atoms with Crippen LogP contribution in [0, 0.1) is 17.8 Å². The molecule has 3 fully saturated rings. The molecule has 0 bridgehead atoms. The maximum absolute atomic E-state index is 13.1. The fraction of sp³-hybridized carbons (Fsp3) is 0.833. The van der Waals surface area contributed by atoms with Crippen LogP contribution in [-0.2, 0) is 15.6 Å². The minimum atomic E-state index is -0.543. The van der Waals surface area contributed by atoms with E-state index in [0.29, 0.717) is 55.8 Å². The number of hydroxylamine groups is 6. The molecule has 6 unspecified atom stereocenters. The molecule has 6 atom stereocenters. The number of piperidine rings is 3. The zero-order chi connectivity index (χ0) is 33.6. The molecule has 3 radical (unpaired) electrons. The molecular formula is C36H60N3O6. The van der Waals surface area contributed by atoms with E-state index in [-0.39, 0.29) is 54.2 Å². The van der Waals surface area contributed by atoms with Gasteiger partial charge in [-0.25, -0.2) is 0 Å². The summed E-state index contributed by atoms with van der Waals surface area (Å²) in [6.45, 7) is 24.5. The van der Waals surface area contributed by atoms with Crippen LogP contribution in [0.2, 0.25) is 0 Å². The second-order valence-corrected chi connectivity index (χ2v) is 17.0. The molecule has 3 saturated heterocycles. The molecule has 0 aliphatic carbocycles. The van der Waals surface area contributed by atoms with Crippen molar-refractivity contribution in [3.05, 3.63) is 18.2 Å². The SMILES string of the molecule is CC(C)C1CC(Oc2cc(OC3CC(C(C)C)N([O])C(C)(C)C3)cc(OC3CC(C(C)C)N([O])C(C)(C)C3)c2)CC(C)(C)N1[O]. The van der Waals surface area contributed by atoms with Crippen LogP contribution in [0.15, 0.2) is 18.2 Å². The Labute approximate surface area is 272 Å². The molecule has 0 aromatic heterocycles. The van der Waals surface area contributed by atoms with E-state index < -0.39 is 16.6 Å². The van der Waals surface area contributed by atoms with Crippen LogP contribution in [-0.4, -0.2) is 68.2 Å². The molecule has 1 aromatic carbocycles. The summed E-state index contributed by atoms with van der Waals surface area (Å²) in [4.78, 5) is 0. The van der Waals surface area contributed by atoms with Gasteiger partial charge in [-0.15, -0.1) is 30.8 Å². The highest BCUT2D eigenvalue weighted by Gasteiger charge is 2.46. The number of benzene rings is 1. The predicted molar refractivity (Wildman–Crippen MR) is 173 cm³/mol. The third kappa shape index (κ3) is 8.28. The summed E-state index contributed by atoms with van der Waals surface area (Å²) in [5.74, 6) is 2.55. The summed E-state index contributed by atoms with van der Waals surface area (Å²) in [6, 6.07) is 5.39. The van der Waals surface area contributed by atoms with E-state index in [1.165, 1.54) is 15.2 Å². The van der Waals surface area contributed by atoms with Crippen molar-refractivity contribution in [2.75, 3.05) is 0 Å². The Morgan fingerprint density at radius 2 is 0.733 bits per heavy atom. The van der Waals surface area contributed by atoms with E-state index >= 15 is 0 Å². The lowest BCUT2D eigenvalue weighted by Crippen LogP contribution is -2.57. The van der Waals surface area contributed by atoms with Gasteiger partial charge >= 0.3 is 0 Å². The Morgan fingerprint density at radius 3 is 0.933 bits per heavy atom. The average Bonchev–Trinajstić information content (AvgIpc) is 2.89. The Morgan fingerprint density at radius 1 is 0.511 bits per heavy atom. The van der Waals surface area contributed by atoms with Crippen LogP contribution in [0.5, 0.6) is 17.2 Å². The van der Waals surface area contributed by atoms with Crippen LogP contribution < -0.4 is 14.2 Å². The number of rotatable bonds is 9. The van der Waals surface area contributed by atoms with Gasteiger partial charge in [0.25, 0.3) is 0 Å². The second kappa shape index (κ2) is 13.5. The van der Waals surface area contributed by atoms with Crippen molar-refractivity contribution >= 4 is 0 Å². The molecule has 0 N–H and O–H groups in total. The minimum absolute atomic E-state index is 0.131. The van der Waals surface area contributed by atoms with Crippen molar-refractivity contribution < 1.29 is 29.8 Å².